The van der Waals surface area contributed by atoms with Gasteiger partial charge in [0, 0.05) is 11.9 Å². The van der Waals surface area contributed by atoms with Crippen molar-refractivity contribution in [3.63, 3.8) is 0 Å². The van der Waals surface area contributed by atoms with Crippen LogP contribution in [0.5, 0.6) is 0 Å². The lowest BCUT2D eigenvalue weighted by Gasteiger charge is -2.35. The number of carbonyl (C=O) groups is 1. The molecule has 23 heavy (non-hydrogen) atoms. The summed E-state index contributed by atoms with van der Waals surface area (Å²) < 4.78 is 13.5. The number of halogens is 1. The smallest absolute Gasteiger partial charge is 0.273 e. The molecule has 0 unspecified atom stereocenters. The monoisotopic (exact) mass is 332 g/mol. The second-order valence-corrected chi connectivity index (χ2v) is 6.88. The fraction of sp³-hybridized carbons (Fsp3) is 0.444. The number of rotatable bonds is 4. The Labute approximate surface area is 140 Å². The molecule has 0 aliphatic carbocycles. The molecule has 0 bridgehead atoms. The molecule has 3 rings (SSSR count). The van der Waals surface area contributed by atoms with E-state index >= 15 is 0 Å². The first kappa shape index (κ1) is 16.1. The van der Waals surface area contributed by atoms with E-state index in [2.05, 4.69) is 11.9 Å². The molecule has 5 heteroatoms. The van der Waals surface area contributed by atoms with Gasteiger partial charge in [-0.05, 0) is 49.8 Å². The number of aromatic nitrogens is 1. The highest BCUT2D eigenvalue weighted by atomic mass is 32.1. The first-order valence-electron chi connectivity index (χ1n) is 8.20. The summed E-state index contributed by atoms with van der Waals surface area (Å²) in [5.41, 5.74) is 1.41. The summed E-state index contributed by atoms with van der Waals surface area (Å²) in [6.45, 7) is 2.81. The van der Waals surface area contributed by atoms with Crippen LogP contribution in [0.4, 0.5) is 4.39 Å². The largest absolute Gasteiger partial charge is 0.330 e. The van der Waals surface area contributed by atoms with Gasteiger partial charge in [-0.1, -0.05) is 19.1 Å². The number of hydrogen-bond acceptors (Lipinski definition) is 3. The van der Waals surface area contributed by atoms with E-state index < -0.39 is 0 Å². The van der Waals surface area contributed by atoms with E-state index in [9.17, 15) is 9.18 Å². The molecular weight excluding hydrogens is 311 g/mol. The molecule has 2 aromatic rings. The first-order valence-corrected chi connectivity index (χ1v) is 9.08. The second kappa shape index (κ2) is 7.21. The molecule has 0 saturated carbocycles. The Hall–Kier alpha value is -1.75. The van der Waals surface area contributed by atoms with E-state index in [-0.39, 0.29) is 17.8 Å². The number of nitrogens with zero attached hydrogens (tertiary/aromatic N) is 2. The van der Waals surface area contributed by atoms with Gasteiger partial charge in [0.15, 0.2) is 0 Å². The summed E-state index contributed by atoms with van der Waals surface area (Å²) in [7, 11) is 0. The van der Waals surface area contributed by atoms with Gasteiger partial charge < -0.3 is 4.90 Å². The van der Waals surface area contributed by atoms with Crippen LogP contribution in [0.25, 0.3) is 0 Å². The highest BCUT2D eigenvalue weighted by Gasteiger charge is 2.30. The maximum absolute atomic E-state index is 13.5. The molecule has 1 amide bonds. The van der Waals surface area contributed by atoms with Crippen LogP contribution in [-0.2, 0) is 6.42 Å². The number of carbonyl (C=O) groups excluding carboxylic acids is 1. The lowest BCUT2D eigenvalue weighted by atomic mass is 9.95. The second-order valence-electron chi connectivity index (χ2n) is 5.94. The highest BCUT2D eigenvalue weighted by Crippen LogP contribution is 2.32. The molecular formula is C18H21FN2OS. The van der Waals surface area contributed by atoms with Crippen molar-refractivity contribution in [2.24, 2.45) is 0 Å². The third kappa shape index (κ3) is 3.61. The van der Waals surface area contributed by atoms with Crippen LogP contribution < -0.4 is 0 Å². The molecule has 1 atom stereocenters. The molecule has 0 radical (unpaired) electrons. The van der Waals surface area contributed by atoms with Crippen LogP contribution >= 0.6 is 11.3 Å². The Morgan fingerprint density at radius 2 is 2.30 bits per heavy atom. The predicted octanol–water partition coefficient (Wildman–Crippen LogP) is 4.60. The molecule has 2 heterocycles. The summed E-state index contributed by atoms with van der Waals surface area (Å²) in [4.78, 5) is 19.2. The van der Waals surface area contributed by atoms with Gasteiger partial charge in [0.2, 0.25) is 0 Å². The Kier molecular flexibility index (Phi) is 5.06. The fourth-order valence-corrected chi connectivity index (χ4v) is 3.99. The molecule has 0 N–H and O–H groups in total. The van der Waals surface area contributed by atoms with Gasteiger partial charge in [-0.3, -0.25) is 4.79 Å². The van der Waals surface area contributed by atoms with E-state index in [4.69, 9.17) is 0 Å². The topological polar surface area (TPSA) is 33.2 Å². The zero-order valence-electron chi connectivity index (χ0n) is 13.3. The number of benzene rings is 1. The Balaban J connectivity index is 1.84. The first-order chi connectivity index (χ1) is 11.2. The molecule has 122 valence electrons. The molecule has 1 fully saturated rings. The van der Waals surface area contributed by atoms with Crippen LogP contribution in [0.3, 0.4) is 0 Å². The van der Waals surface area contributed by atoms with E-state index in [1.54, 1.807) is 23.5 Å². The van der Waals surface area contributed by atoms with Crippen molar-refractivity contribution in [1.82, 2.24) is 9.88 Å². The van der Waals surface area contributed by atoms with Crippen molar-refractivity contribution in [2.45, 2.75) is 45.1 Å². The number of amides is 1. The average Bonchev–Trinajstić information content (AvgIpc) is 3.03. The van der Waals surface area contributed by atoms with E-state index in [0.29, 0.717) is 12.2 Å². The maximum atomic E-state index is 13.5. The normalized spacial score (nSPS) is 18.2. The summed E-state index contributed by atoms with van der Waals surface area (Å²) in [5, 5.41) is 2.86. The molecule has 1 aliphatic rings. The van der Waals surface area contributed by atoms with Crippen molar-refractivity contribution >= 4 is 17.2 Å². The van der Waals surface area contributed by atoms with Crippen molar-refractivity contribution in [3.8, 4) is 0 Å². The molecule has 1 aromatic carbocycles. The number of thiazole rings is 1. The lowest BCUT2D eigenvalue weighted by molar-refractivity contribution is 0.0605. The van der Waals surface area contributed by atoms with E-state index in [1.165, 1.54) is 6.07 Å². The Morgan fingerprint density at radius 3 is 3.09 bits per heavy atom. The number of hydrogen-bond donors (Lipinski definition) is 0. The zero-order chi connectivity index (χ0) is 16.2. The minimum Gasteiger partial charge on any atom is -0.330 e. The van der Waals surface area contributed by atoms with Gasteiger partial charge in [-0.15, -0.1) is 11.3 Å². The summed E-state index contributed by atoms with van der Waals surface area (Å²) in [5.74, 6) is -0.281. The van der Waals surface area contributed by atoms with Crippen LogP contribution in [0, 0.1) is 5.82 Å². The molecule has 1 saturated heterocycles. The van der Waals surface area contributed by atoms with Gasteiger partial charge in [0.05, 0.1) is 11.0 Å². The standard InChI is InChI=1S/C18H21FN2OS/c1-2-6-17-20-15(12-23-17)18(22)21-10-4-3-9-16(21)13-7-5-8-14(19)11-13/h5,7-8,11-12,16H,2-4,6,9-10H2,1H3/t16-/m0/s1. The fourth-order valence-electron chi connectivity index (χ4n) is 3.12. The SMILES string of the molecule is CCCc1nc(C(=O)N2CCCC[C@H]2c2cccc(F)c2)cs1. The van der Waals surface area contributed by atoms with Crippen LogP contribution in [0.1, 0.15) is 59.7 Å². The van der Waals surface area contributed by atoms with Crippen molar-refractivity contribution < 1.29 is 9.18 Å². The average molecular weight is 332 g/mol. The van der Waals surface area contributed by atoms with Gasteiger partial charge in [-0.25, -0.2) is 9.37 Å². The molecule has 1 aliphatic heterocycles. The summed E-state index contributed by atoms with van der Waals surface area (Å²) in [6, 6.07) is 6.55. The van der Waals surface area contributed by atoms with Gasteiger partial charge in [0.1, 0.15) is 11.5 Å². The predicted molar refractivity (Wildman–Crippen MR) is 90.1 cm³/mol. The minimum absolute atomic E-state index is 0.0300. The van der Waals surface area contributed by atoms with Crippen molar-refractivity contribution in [1.29, 1.82) is 0 Å². The highest BCUT2D eigenvalue weighted by molar-refractivity contribution is 7.09. The molecule has 0 spiro atoms. The van der Waals surface area contributed by atoms with E-state index in [1.807, 2.05) is 16.3 Å². The third-order valence-electron chi connectivity index (χ3n) is 4.23. The quantitative estimate of drug-likeness (QED) is 0.819. The lowest BCUT2D eigenvalue weighted by Crippen LogP contribution is -2.38. The zero-order valence-corrected chi connectivity index (χ0v) is 14.1. The maximum Gasteiger partial charge on any atom is 0.273 e. The Morgan fingerprint density at radius 1 is 1.43 bits per heavy atom. The summed E-state index contributed by atoms with van der Waals surface area (Å²) in [6.07, 6.45) is 4.86. The van der Waals surface area contributed by atoms with Crippen LogP contribution in [0.15, 0.2) is 29.6 Å². The van der Waals surface area contributed by atoms with Gasteiger partial charge in [0.25, 0.3) is 5.91 Å². The number of piperidine rings is 1. The van der Waals surface area contributed by atoms with Crippen molar-refractivity contribution in [2.75, 3.05) is 6.54 Å². The third-order valence-corrected chi connectivity index (χ3v) is 5.14. The van der Waals surface area contributed by atoms with Gasteiger partial charge >= 0.3 is 0 Å². The number of likely N-dealkylation sites (tertiary alicyclic amines) is 1. The molecule has 3 nitrogen and oxygen atoms in total. The van der Waals surface area contributed by atoms with Crippen LogP contribution in [0.2, 0.25) is 0 Å². The number of aryl methyl sites for hydroxylation is 1. The summed E-state index contributed by atoms with van der Waals surface area (Å²) >= 11 is 1.55. The molecule has 1 aromatic heterocycles. The van der Waals surface area contributed by atoms with Gasteiger partial charge in [-0.2, -0.15) is 0 Å². The van der Waals surface area contributed by atoms with Crippen LogP contribution in [-0.4, -0.2) is 22.3 Å². The minimum atomic E-state index is -0.251. The Bertz CT molecular complexity index is 685. The van der Waals surface area contributed by atoms with E-state index in [0.717, 1.165) is 42.7 Å². The van der Waals surface area contributed by atoms with Crippen molar-refractivity contribution in [3.05, 3.63) is 51.7 Å².